The summed E-state index contributed by atoms with van der Waals surface area (Å²) >= 11 is 0. The van der Waals surface area contributed by atoms with Gasteiger partial charge in [-0.05, 0) is 38.5 Å². The SMILES string of the molecule is CC(=O)N1CCc2c(nc(C3CCCCN3C(=O)C3CCCCC3)[nH]c2=O)C1. The zero-order valence-electron chi connectivity index (χ0n) is 16.7. The van der Waals surface area contributed by atoms with Crippen LogP contribution in [0.5, 0.6) is 0 Å². The molecule has 4 rings (SSSR count). The Morgan fingerprint density at radius 2 is 1.79 bits per heavy atom. The molecule has 0 aromatic carbocycles. The van der Waals surface area contributed by atoms with Gasteiger partial charge in [0.1, 0.15) is 5.82 Å². The van der Waals surface area contributed by atoms with E-state index in [-0.39, 0.29) is 29.3 Å². The van der Waals surface area contributed by atoms with Crippen LogP contribution in [0.15, 0.2) is 4.79 Å². The summed E-state index contributed by atoms with van der Waals surface area (Å²) in [5, 5.41) is 0. The molecule has 1 unspecified atom stereocenters. The van der Waals surface area contributed by atoms with Crippen LogP contribution >= 0.6 is 0 Å². The average Bonchev–Trinajstić information content (AvgIpc) is 2.73. The highest BCUT2D eigenvalue weighted by Crippen LogP contribution is 2.33. The van der Waals surface area contributed by atoms with E-state index in [2.05, 4.69) is 4.98 Å². The maximum absolute atomic E-state index is 13.2. The molecule has 7 nitrogen and oxygen atoms in total. The molecule has 1 aromatic rings. The van der Waals surface area contributed by atoms with Crippen molar-refractivity contribution in [2.24, 2.45) is 5.92 Å². The fourth-order valence-electron chi connectivity index (χ4n) is 4.95. The first-order valence-corrected chi connectivity index (χ1v) is 10.7. The minimum absolute atomic E-state index is 0.000973. The minimum Gasteiger partial charge on any atom is -0.337 e. The molecule has 1 N–H and O–H groups in total. The number of carbonyl (C=O) groups excluding carboxylic acids is 2. The Morgan fingerprint density at radius 3 is 2.54 bits per heavy atom. The van der Waals surface area contributed by atoms with Gasteiger partial charge in [0.2, 0.25) is 11.8 Å². The van der Waals surface area contributed by atoms with Gasteiger partial charge < -0.3 is 14.8 Å². The number of amides is 2. The third kappa shape index (κ3) is 3.71. The summed E-state index contributed by atoms with van der Waals surface area (Å²) in [5.41, 5.74) is 1.26. The molecule has 3 aliphatic rings. The van der Waals surface area contributed by atoms with E-state index in [4.69, 9.17) is 4.98 Å². The topological polar surface area (TPSA) is 86.4 Å². The van der Waals surface area contributed by atoms with E-state index in [9.17, 15) is 14.4 Å². The second-order valence-corrected chi connectivity index (χ2v) is 8.45. The number of nitrogens with one attached hydrogen (secondary N) is 1. The highest BCUT2D eigenvalue weighted by atomic mass is 16.2. The van der Waals surface area contributed by atoms with Gasteiger partial charge in [-0.2, -0.15) is 0 Å². The molecule has 2 amide bonds. The second kappa shape index (κ2) is 8.05. The van der Waals surface area contributed by atoms with Crippen molar-refractivity contribution in [2.45, 2.75) is 77.3 Å². The summed E-state index contributed by atoms with van der Waals surface area (Å²) in [6, 6.07) is -0.158. The Balaban J connectivity index is 1.62. The number of fused-ring (bicyclic) bond motifs is 1. The Labute approximate surface area is 165 Å². The molecule has 1 aromatic heterocycles. The summed E-state index contributed by atoms with van der Waals surface area (Å²) in [7, 11) is 0. The van der Waals surface area contributed by atoms with Crippen LogP contribution in [0.4, 0.5) is 0 Å². The van der Waals surface area contributed by atoms with Crippen LogP contribution in [0, 0.1) is 5.92 Å². The lowest BCUT2D eigenvalue weighted by molar-refractivity contribution is -0.140. The van der Waals surface area contributed by atoms with E-state index < -0.39 is 0 Å². The van der Waals surface area contributed by atoms with Crippen LogP contribution in [-0.2, 0) is 22.6 Å². The maximum Gasteiger partial charge on any atom is 0.254 e. The maximum atomic E-state index is 13.2. The van der Waals surface area contributed by atoms with Gasteiger partial charge in [0.15, 0.2) is 0 Å². The van der Waals surface area contributed by atoms with Crippen molar-refractivity contribution in [1.82, 2.24) is 19.8 Å². The third-order valence-electron chi connectivity index (χ3n) is 6.59. The van der Waals surface area contributed by atoms with Crippen molar-refractivity contribution in [3.8, 4) is 0 Å². The van der Waals surface area contributed by atoms with Crippen molar-refractivity contribution in [3.63, 3.8) is 0 Å². The standard InChI is InChI=1S/C21H30N4O3/c1-14(26)24-12-10-16-17(13-24)22-19(23-20(16)27)18-9-5-6-11-25(18)21(28)15-7-3-2-4-8-15/h15,18H,2-13H2,1H3,(H,22,23,27). The third-order valence-corrected chi connectivity index (χ3v) is 6.59. The Bertz CT molecular complexity index is 812. The van der Waals surface area contributed by atoms with Gasteiger partial charge in [0.05, 0.1) is 18.3 Å². The number of rotatable bonds is 2. The molecule has 1 saturated heterocycles. The number of likely N-dealkylation sites (tertiary alicyclic amines) is 1. The molecule has 1 atom stereocenters. The van der Waals surface area contributed by atoms with Gasteiger partial charge in [-0.1, -0.05) is 19.3 Å². The highest BCUT2D eigenvalue weighted by molar-refractivity contribution is 5.79. The molecule has 7 heteroatoms. The lowest BCUT2D eigenvalue weighted by Crippen LogP contribution is -2.44. The fraction of sp³-hybridized carbons (Fsp3) is 0.714. The molecule has 2 fully saturated rings. The first-order valence-electron chi connectivity index (χ1n) is 10.7. The van der Waals surface area contributed by atoms with Crippen LogP contribution in [-0.4, -0.2) is 44.7 Å². The Kier molecular flexibility index (Phi) is 5.51. The van der Waals surface area contributed by atoms with Gasteiger partial charge in [0, 0.05) is 31.5 Å². The number of carbonyl (C=O) groups is 2. The molecular weight excluding hydrogens is 356 g/mol. The molecule has 0 radical (unpaired) electrons. The van der Waals surface area contributed by atoms with E-state index in [1.807, 2.05) is 4.90 Å². The lowest BCUT2D eigenvalue weighted by atomic mass is 9.87. The Hall–Kier alpha value is -2.18. The van der Waals surface area contributed by atoms with Crippen molar-refractivity contribution >= 4 is 11.8 Å². The van der Waals surface area contributed by atoms with Crippen molar-refractivity contribution in [2.75, 3.05) is 13.1 Å². The molecule has 0 spiro atoms. The summed E-state index contributed by atoms with van der Waals surface area (Å²) < 4.78 is 0. The molecule has 2 aliphatic heterocycles. The van der Waals surface area contributed by atoms with E-state index in [1.54, 1.807) is 11.8 Å². The quantitative estimate of drug-likeness (QED) is 0.845. The van der Waals surface area contributed by atoms with Crippen molar-refractivity contribution in [1.29, 1.82) is 0 Å². The average molecular weight is 386 g/mol. The number of H-pyrrole nitrogens is 1. The van der Waals surface area contributed by atoms with Crippen LogP contribution in [0.2, 0.25) is 0 Å². The monoisotopic (exact) mass is 386 g/mol. The summed E-state index contributed by atoms with van der Waals surface area (Å²) in [6.07, 6.45) is 8.83. The van der Waals surface area contributed by atoms with Gasteiger partial charge in [-0.3, -0.25) is 14.4 Å². The van der Waals surface area contributed by atoms with Gasteiger partial charge in [-0.25, -0.2) is 4.98 Å². The number of piperidine rings is 1. The number of hydrogen-bond donors (Lipinski definition) is 1. The van der Waals surface area contributed by atoms with Gasteiger partial charge >= 0.3 is 0 Å². The van der Waals surface area contributed by atoms with Crippen LogP contribution in [0.25, 0.3) is 0 Å². The number of aromatic nitrogens is 2. The molecule has 0 bridgehead atoms. The van der Waals surface area contributed by atoms with E-state index in [0.29, 0.717) is 36.6 Å². The van der Waals surface area contributed by atoms with Crippen LogP contribution < -0.4 is 5.56 Å². The number of hydrogen-bond acceptors (Lipinski definition) is 4. The van der Waals surface area contributed by atoms with Gasteiger partial charge in [-0.15, -0.1) is 0 Å². The second-order valence-electron chi connectivity index (χ2n) is 8.45. The Morgan fingerprint density at radius 1 is 1.04 bits per heavy atom. The smallest absolute Gasteiger partial charge is 0.254 e. The molecule has 1 saturated carbocycles. The molecule has 28 heavy (non-hydrogen) atoms. The van der Waals surface area contributed by atoms with E-state index >= 15 is 0 Å². The van der Waals surface area contributed by atoms with E-state index in [0.717, 1.165) is 51.5 Å². The van der Waals surface area contributed by atoms with Crippen LogP contribution in [0.3, 0.4) is 0 Å². The predicted molar refractivity (Wildman–Crippen MR) is 105 cm³/mol. The number of nitrogens with zero attached hydrogens (tertiary/aromatic N) is 3. The van der Waals surface area contributed by atoms with Crippen LogP contribution in [0.1, 0.15) is 81.4 Å². The van der Waals surface area contributed by atoms with E-state index in [1.165, 1.54) is 6.42 Å². The molecule has 3 heterocycles. The normalized spacial score (nSPS) is 23.4. The fourth-order valence-corrected chi connectivity index (χ4v) is 4.95. The van der Waals surface area contributed by atoms with Gasteiger partial charge in [0.25, 0.3) is 5.56 Å². The summed E-state index contributed by atoms with van der Waals surface area (Å²) in [5.74, 6) is 0.945. The van der Waals surface area contributed by atoms with Crippen molar-refractivity contribution < 1.29 is 9.59 Å². The summed E-state index contributed by atoms with van der Waals surface area (Å²) in [6.45, 7) is 3.22. The molecule has 152 valence electrons. The largest absolute Gasteiger partial charge is 0.337 e. The summed E-state index contributed by atoms with van der Waals surface area (Å²) in [4.78, 5) is 49.1. The first-order chi connectivity index (χ1) is 13.5. The highest BCUT2D eigenvalue weighted by Gasteiger charge is 2.35. The number of aromatic amines is 1. The minimum atomic E-state index is -0.158. The van der Waals surface area contributed by atoms with Crippen molar-refractivity contribution in [3.05, 3.63) is 27.4 Å². The molecular formula is C21H30N4O3. The predicted octanol–water partition coefficient (Wildman–Crippen LogP) is 2.31. The molecule has 1 aliphatic carbocycles. The first kappa shape index (κ1) is 19.2. The zero-order chi connectivity index (χ0) is 19.7. The zero-order valence-corrected chi connectivity index (χ0v) is 16.7. The lowest BCUT2D eigenvalue weighted by Gasteiger charge is -2.38.